The fraction of sp³-hybridized carbons (Fsp3) is 0.923. The third-order valence-electron chi connectivity index (χ3n) is 2.62. The first-order chi connectivity index (χ1) is 7.82. The molecule has 0 saturated carbocycles. The summed E-state index contributed by atoms with van der Waals surface area (Å²) in [4.78, 5) is 13.9. The number of rotatable bonds is 8. The second-order valence-corrected chi connectivity index (χ2v) is 5.52. The molecule has 4 heteroatoms. The van der Waals surface area contributed by atoms with Gasteiger partial charge >= 0.3 is 0 Å². The molecule has 2 N–H and O–H groups in total. The molecular formula is C13H29N3O. The molecule has 0 spiro atoms. The summed E-state index contributed by atoms with van der Waals surface area (Å²) >= 11 is 0. The van der Waals surface area contributed by atoms with Crippen LogP contribution in [0.2, 0.25) is 0 Å². The van der Waals surface area contributed by atoms with Crippen LogP contribution in [0.3, 0.4) is 0 Å². The lowest BCUT2D eigenvalue weighted by molar-refractivity contribution is -0.123. The van der Waals surface area contributed by atoms with Gasteiger partial charge in [0.1, 0.15) is 0 Å². The Balaban J connectivity index is 3.82. The van der Waals surface area contributed by atoms with Gasteiger partial charge in [0.25, 0.3) is 0 Å². The summed E-state index contributed by atoms with van der Waals surface area (Å²) in [5, 5.41) is 6.26. The van der Waals surface area contributed by atoms with Crippen molar-refractivity contribution in [2.24, 2.45) is 5.92 Å². The molecule has 0 saturated heterocycles. The maximum Gasteiger partial charge on any atom is 0.236 e. The lowest BCUT2D eigenvalue weighted by Crippen LogP contribution is -2.47. The first-order valence-corrected chi connectivity index (χ1v) is 6.51. The summed E-state index contributed by atoms with van der Waals surface area (Å²) in [5.74, 6) is 0.590. The molecule has 0 aliphatic heterocycles. The van der Waals surface area contributed by atoms with E-state index in [1.54, 1.807) is 0 Å². The Morgan fingerprint density at radius 3 is 2.24 bits per heavy atom. The minimum Gasteiger partial charge on any atom is -0.354 e. The van der Waals surface area contributed by atoms with Crippen molar-refractivity contribution in [3.05, 3.63) is 0 Å². The van der Waals surface area contributed by atoms with Crippen LogP contribution in [-0.4, -0.2) is 50.1 Å². The first kappa shape index (κ1) is 16.4. The number of carbonyl (C=O) groups is 1. The molecule has 0 rings (SSSR count). The first-order valence-electron chi connectivity index (χ1n) is 6.51. The average Bonchev–Trinajstić information content (AvgIpc) is 2.22. The van der Waals surface area contributed by atoms with E-state index in [9.17, 15) is 4.79 Å². The van der Waals surface area contributed by atoms with Crippen molar-refractivity contribution < 1.29 is 4.79 Å². The van der Waals surface area contributed by atoms with Gasteiger partial charge in [0.2, 0.25) is 5.91 Å². The average molecular weight is 243 g/mol. The summed E-state index contributed by atoms with van der Waals surface area (Å²) in [6, 6.07) is 0.239. The maximum atomic E-state index is 11.7. The van der Waals surface area contributed by atoms with Gasteiger partial charge in [0.05, 0.1) is 6.04 Å². The van der Waals surface area contributed by atoms with Crippen LogP contribution in [0, 0.1) is 5.92 Å². The molecule has 0 aliphatic rings. The Hall–Kier alpha value is -0.610. The SMILES string of the molecule is CC(C)CNC(=O)C(C)NC(C)CCN(C)C. The highest BCUT2D eigenvalue weighted by Crippen LogP contribution is 1.96. The number of amides is 1. The molecule has 0 aromatic heterocycles. The topological polar surface area (TPSA) is 44.4 Å². The van der Waals surface area contributed by atoms with Crippen molar-refractivity contribution in [2.75, 3.05) is 27.2 Å². The quantitative estimate of drug-likeness (QED) is 0.670. The molecule has 4 nitrogen and oxygen atoms in total. The third-order valence-corrected chi connectivity index (χ3v) is 2.62. The summed E-state index contributed by atoms with van der Waals surface area (Å²) in [6.45, 7) is 10.0. The molecule has 2 unspecified atom stereocenters. The van der Waals surface area contributed by atoms with Crippen molar-refractivity contribution in [2.45, 2.75) is 46.2 Å². The summed E-state index contributed by atoms with van der Waals surface area (Å²) in [7, 11) is 4.12. The van der Waals surface area contributed by atoms with Crippen molar-refractivity contribution >= 4 is 5.91 Å². The largest absolute Gasteiger partial charge is 0.354 e. The van der Waals surface area contributed by atoms with Gasteiger partial charge in [-0.3, -0.25) is 4.79 Å². The Kier molecular flexibility index (Phi) is 8.17. The third kappa shape index (κ3) is 9.12. The molecule has 0 heterocycles. The number of hydrogen-bond donors (Lipinski definition) is 2. The van der Waals surface area contributed by atoms with E-state index in [4.69, 9.17) is 0 Å². The van der Waals surface area contributed by atoms with Gasteiger partial charge in [0, 0.05) is 12.6 Å². The van der Waals surface area contributed by atoms with Crippen LogP contribution < -0.4 is 10.6 Å². The van der Waals surface area contributed by atoms with Gasteiger partial charge in [0.15, 0.2) is 0 Å². The summed E-state index contributed by atoms with van der Waals surface area (Å²) in [5.41, 5.74) is 0. The minimum absolute atomic E-state index is 0.0930. The molecule has 0 bridgehead atoms. The van der Waals surface area contributed by atoms with Gasteiger partial charge in [-0.05, 0) is 46.8 Å². The molecule has 0 aliphatic carbocycles. The predicted octanol–water partition coefficient (Wildman–Crippen LogP) is 1.08. The molecule has 102 valence electrons. The molecule has 17 heavy (non-hydrogen) atoms. The van der Waals surface area contributed by atoms with E-state index in [1.807, 2.05) is 6.92 Å². The standard InChI is InChI=1S/C13H29N3O/c1-10(2)9-14-13(17)12(4)15-11(3)7-8-16(5)6/h10-12,15H,7-9H2,1-6H3,(H,14,17). The fourth-order valence-corrected chi connectivity index (χ4v) is 1.50. The van der Waals surface area contributed by atoms with Crippen molar-refractivity contribution in [1.82, 2.24) is 15.5 Å². The monoisotopic (exact) mass is 243 g/mol. The van der Waals surface area contributed by atoms with Crippen LogP contribution in [0.1, 0.15) is 34.1 Å². The fourth-order valence-electron chi connectivity index (χ4n) is 1.50. The van der Waals surface area contributed by atoms with E-state index in [-0.39, 0.29) is 11.9 Å². The number of nitrogens with zero attached hydrogens (tertiary/aromatic N) is 1. The Morgan fingerprint density at radius 1 is 1.18 bits per heavy atom. The van der Waals surface area contributed by atoms with E-state index in [1.165, 1.54) is 0 Å². The number of carbonyl (C=O) groups excluding carboxylic acids is 1. The maximum absolute atomic E-state index is 11.7. The highest BCUT2D eigenvalue weighted by molar-refractivity contribution is 5.81. The van der Waals surface area contributed by atoms with Crippen LogP contribution in [-0.2, 0) is 4.79 Å². The Bertz CT molecular complexity index is 217. The van der Waals surface area contributed by atoms with E-state index < -0.39 is 0 Å². The van der Waals surface area contributed by atoms with Gasteiger partial charge < -0.3 is 15.5 Å². The zero-order chi connectivity index (χ0) is 13.4. The van der Waals surface area contributed by atoms with Gasteiger partial charge in [-0.25, -0.2) is 0 Å². The molecule has 0 aromatic rings. The lowest BCUT2D eigenvalue weighted by Gasteiger charge is -2.21. The van der Waals surface area contributed by atoms with Crippen molar-refractivity contribution in [3.63, 3.8) is 0 Å². The zero-order valence-corrected chi connectivity index (χ0v) is 12.2. The molecule has 0 radical (unpaired) electrons. The van der Waals surface area contributed by atoms with Crippen LogP contribution in [0.25, 0.3) is 0 Å². The highest BCUT2D eigenvalue weighted by Gasteiger charge is 2.14. The van der Waals surface area contributed by atoms with Crippen molar-refractivity contribution in [1.29, 1.82) is 0 Å². The van der Waals surface area contributed by atoms with Gasteiger partial charge in [-0.2, -0.15) is 0 Å². The number of hydrogen-bond acceptors (Lipinski definition) is 3. The summed E-state index contributed by atoms with van der Waals surface area (Å²) < 4.78 is 0. The highest BCUT2D eigenvalue weighted by atomic mass is 16.2. The predicted molar refractivity (Wildman–Crippen MR) is 73.1 cm³/mol. The normalized spacial score (nSPS) is 15.1. The van der Waals surface area contributed by atoms with E-state index >= 15 is 0 Å². The van der Waals surface area contributed by atoms with Crippen LogP contribution in [0.15, 0.2) is 0 Å². The second kappa shape index (κ2) is 8.48. The summed E-state index contributed by atoms with van der Waals surface area (Å²) in [6.07, 6.45) is 1.05. The van der Waals surface area contributed by atoms with Gasteiger partial charge in [-0.15, -0.1) is 0 Å². The van der Waals surface area contributed by atoms with Crippen LogP contribution in [0.4, 0.5) is 0 Å². The molecule has 0 fully saturated rings. The minimum atomic E-state index is -0.120. The Labute approximate surface area is 106 Å². The second-order valence-electron chi connectivity index (χ2n) is 5.52. The molecule has 1 amide bonds. The van der Waals surface area contributed by atoms with Gasteiger partial charge in [-0.1, -0.05) is 13.8 Å². The van der Waals surface area contributed by atoms with Crippen LogP contribution >= 0.6 is 0 Å². The van der Waals surface area contributed by atoms with Crippen LogP contribution in [0.5, 0.6) is 0 Å². The lowest BCUT2D eigenvalue weighted by atomic mass is 10.2. The molecule has 0 aromatic carbocycles. The van der Waals surface area contributed by atoms with E-state index in [0.717, 1.165) is 19.5 Å². The number of nitrogens with one attached hydrogen (secondary N) is 2. The molecule has 2 atom stereocenters. The van der Waals surface area contributed by atoms with Crippen molar-refractivity contribution in [3.8, 4) is 0 Å². The molecular weight excluding hydrogens is 214 g/mol. The van der Waals surface area contributed by atoms with E-state index in [2.05, 4.69) is 50.4 Å². The zero-order valence-electron chi connectivity index (χ0n) is 12.2. The Morgan fingerprint density at radius 2 is 1.76 bits per heavy atom. The van der Waals surface area contributed by atoms with E-state index in [0.29, 0.717) is 12.0 Å². The smallest absolute Gasteiger partial charge is 0.236 e.